The Morgan fingerprint density at radius 2 is 2.24 bits per heavy atom. The molecule has 6 nitrogen and oxygen atoms in total. The molecule has 0 atom stereocenters. The lowest BCUT2D eigenvalue weighted by molar-refractivity contribution is 0.0602. The van der Waals surface area contributed by atoms with Crippen molar-refractivity contribution in [3.8, 4) is 0 Å². The van der Waals surface area contributed by atoms with Gasteiger partial charge in [0.1, 0.15) is 5.82 Å². The van der Waals surface area contributed by atoms with Crippen molar-refractivity contribution < 1.29 is 9.53 Å². The molecule has 0 bridgehead atoms. The second-order valence-corrected chi connectivity index (χ2v) is 4.46. The number of aryl methyl sites for hydroxylation is 1. The normalized spacial score (nSPS) is 10.2. The van der Waals surface area contributed by atoms with Crippen molar-refractivity contribution in [1.29, 1.82) is 0 Å². The lowest BCUT2D eigenvalue weighted by Gasteiger charge is -2.10. The molecule has 2 heterocycles. The molecule has 2 aromatic heterocycles. The van der Waals surface area contributed by atoms with E-state index in [1.807, 2.05) is 12.1 Å². The Morgan fingerprint density at radius 1 is 1.43 bits per heavy atom. The zero-order valence-corrected chi connectivity index (χ0v) is 12.1. The van der Waals surface area contributed by atoms with Crippen LogP contribution in [0.4, 0.5) is 11.5 Å². The summed E-state index contributed by atoms with van der Waals surface area (Å²) in [6, 6.07) is 5.54. The number of rotatable bonds is 5. The second kappa shape index (κ2) is 6.69. The summed E-state index contributed by atoms with van der Waals surface area (Å²) in [4.78, 5) is 20.1. The number of nitrogens with two attached hydrogens (primary N) is 1. The summed E-state index contributed by atoms with van der Waals surface area (Å²) in [6.45, 7) is 2.61. The molecule has 0 aliphatic carbocycles. The minimum atomic E-state index is -0.481. The van der Waals surface area contributed by atoms with Crippen LogP contribution in [0.1, 0.15) is 28.5 Å². The number of methoxy groups -OCH3 is 1. The van der Waals surface area contributed by atoms with Crippen LogP contribution in [0.15, 0.2) is 30.6 Å². The SMILES string of the molecule is CCc1cccnc1CNc1cc(C(=O)OC)c(N)cn1. The molecule has 0 unspecified atom stereocenters. The number of hydrogen-bond donors (Lipinski definition) is 2. The zero-order chi connectivity index (χ0) is 15.2. The van der Waals surface area contributed by atoms with Crippen molar-refractivity contribution in [1.82, 2.24) is 9.97 Å². The first-order chi connectivity index (χ1) is 10.2. The van der Waals surface area contributed by atoms with Crippen LogP contribution in [0.5, 0.6) is 0 Å². The van der Waals surface area contributed by atoms with Crippen LogP contribution >= 0.6 is 0 Å². The van der Waals surface area contributed by atoms with Crippen molar-refractivity contribution >= 4 is 17.5 Å². The van der Waals surface area contributed by atoms with Crippen molar-refractivity contribution in [3.63, 3.8) is 0 Å². The van der Waals surface area contributed by atoms with Gasteiger partial charge in [-0.3, -0.25) is 4.98 Å². The van der Waals surface area contributed by atoms with E-state index in [4.69, 9.17) is 5.73 Å². The molecule has 6 heteroatoms. The summed E-state index contributed by atoms with van der Waals surface area (Å²) in [6.07, 6.45) is 4.10. The molecule has 0 aliphatic rings. The van der Waals surface area contributed by atoms with Gasteiger partial charge in [-0.1, -0.05) is 13.0 Å². The average molecular weight is 286 g/mol. The molecule has 3 N–H and O–H groups in total. The highest BCUT2D eigenvalue weighted by atomic mass is 16.5. The lowest BCUT2D eigenvalue weighted by atomic mass is 10.1. The molecule has 2 rings (SSSR count). The van der Waals surface area contributed by atoms with Gasteiger partial charge in [-0.25, -0.2) is 9.78 Å². The van der Waals surface area contributed by atoms with Gasteiger partial charge in [-0.05, 0) is 24.1 Å². The van der Waals surface area contributed by atoms with E-state index >= 15 is 0 Å². The molecule has 2 aromatic rings. The third-order valence-corrected chi connectivity index (χ3v) is 3.14. The fourth-order valence-electron chi connectivity index (χ4n) is 1.98. The summed E-state index contributed by atoms with van der Waals surface area (Å²) in [7, 11) is 1.32. The van der Waals surface area contributed by atoms with Gasteiger partial charge >= 0.3 is 5.97 Å². The number of aromatic nitrogens is 2. The molecular formula is C15H18N4O2. The highest BCUT2D eigenvalue weighted by Gasteiger charge is 2.11. The molecule has 0 fully saturated rings. The number of anilines is 2. The van der Waals surface area contributed by atoms with Gasteiger partial charge in [0.05, 0.1) is 36.8 Å². The van der Waals surface area contributed by atoms with E-state index in [0.29, 0.717) is 23.6 Å². The average Bonchev–Trinajstić information content (AvgIpc) is 2.53. The largest absolute Gasteiger partial charge is 0.465 e. The number of nitrogen functional groups attached to an aromatic ring is 1. The fourth-order valence-corrected chi connectivity index (χ4v) is 1.98. The molecular weight excluding hydrogens is 268 g/mol. The maximum Gasteiger partial charge on any atom is 0.340 e. The third-order valence-electron chi connectivity index (χ3n) is 3.14. The van der Waals surface area contributed by atoms with Crippen LogP contribution in [0.3, 0.4) is 0 Å². The van der Waals surface area contributed by atoms with Crippen LogP contribution < -0.4 is 11.1 Å². The third kappa shape index (κ3) is 3.47. The van der Waals surface area contributed by atoms with Crippen LogP contribution in [0, 0.1) is 0 Å². The number of hydrogen-bond acceptors (Lipinski definition) is 6. The Hall–Kier alpha value is -2.63. The molecule has 0 aliphatic heterocycles. The predicted molar refractivity (Wildman–Crippen MR) is 80.9 cm³/mol. The highest BCUT2D eigenvalue weighted by Crippen LogP contribution is 2.17. The van der Waals surface area contributed by atoms with Crippen molar-refractivity contribution in [2.24, 2.45) is 0 Å². The minimum Gasteiger partial charge on any atom is -0.465 e. The number of nitrogens with one attached hydrogen (secondary N) is 1. The van der Waals surface area contributed by atoms with E-state index in [0.717, 1.165) is 12.1 Å². The fraction of sp³-hybridized carbons (Fsp3) is 0.267. The lowest BCUT2D eigenvalue weighted by Crippen LogP contribution is -2.10. The smallest absolute Gasteiger partial charge is 0.340 e. The molecule has 21 heavy (non-hydrogen) atoms. The standard InChI is InChI=1S/C15H18N4O2/c1-3-10-5-4-6-17-13(10)9-19-14-7-11(15(20)21-2)12(16)8-18-14/h4-8H,3,9,16H2,1-2H3,(H,18,19). The van der Waals surface area contributed by atoms with Crippen molar-refractivity contribution in [2.75, 3.05) is 18.2 Å². The minimum absolute atomic E-state index is 0.291. The quantitative estimate of drug-likeness (QED) is 0.817. The van der Waals surface area contributed by atoms with Crippen LogP contribution in [0.2, 0.25) is 0 Å². The highest BCUT2D eigenvalue weighted by molar-refractivity contribution is 5.95. The van der Waals surface area contributed by atoms with E-state index in [9.17, 15) is 4.79 Å². The Labute approximate surface area is 123 Å². The first-order valence-electron chi connectivity index (χ1n) is 6.66. The van der Waals surface area contributed by atoms with Gasteiger partial charge in [0.2, 0.25) is 0 Å². The number of carbonyl (C=O) groups is 1. The van der Waals surface area contributed by atoms with E-state index in [2.05, 4.69) is 26.9 Å². The number of ether oxygens (including phenoxy) is 1. The summed E-state index contributed by atoms with van der Waals surface area (Å²) in [5, 5.41) is 3.15. The summed E-state index contributed by atoms with van der Waals surface area (Å²) in [5.41, 5.74) is 8.44. The molecule has 0 amide bonds. The van der Waals surface area contributed by atoms with Gasteiger partial charge in [-0.2, -0.15) is 0 Å². The van der Waals surface area contributed by atoms with Crippen LogP contribution in [0.25, 0.3) is 0 Å². The second-order valence-electron chi connectivity index (χ2n) is 4.46. The van der Waals surface area contributed by atoms with Gasteiger partial charge in [-0.15, -0.1) is 0 Å². The first kappa shape index (κ1) is 14.8. The molecule has 110 valence electrons. The van der Waals surface area contributed by atoms with E-state index in [-0.39, 0.29) is 0 Å². The Kier molecular flexibility index (Phi) is 4.71. The van der Waals surface area contributed by atoms with E-state index in [1.54, 1.807) is 12.3 Å². The molecule has 0 saturated carbocycles. The summed E-state index contributed by atoms with van der Waals surface area (Å²) >= 11 is 0. The van der Waals surface area contributed by atoms with Gasteiger partial charge < -0.3 is 15.8 Å². The van der Waals surface area contributed by atoms with Gasteiger partial charge in [0, 0.05) is 6.20 Å². The van der Waals surface area contributed by atoms with Gasteiger partial charge in [0.15, 0.2) is 0 Å². The molecule has 0 aromatic carbocycles. The predicted octanol–water partition coefficient (Wildman–Crippen LogP) is 2.02. The first-order valence-corrected chi connectivity index (χ1v) is 6.66. The summed E-state index contributed by atoms with van der Waals surface area (Å²) < 4.78 is 4.68. The zero-order valence-electron chi connectivity index (χ0n) is 12.1. The number of esters is 1. The maximum atomic E-state index is 11.6. The topological polar surface area (TPSA) is 90.1 Å². The molecule has 0 radical (unpaired) electrons. The Morgan fingerprint density at radius 3 is 2.95 bits per heavy atom. The van der Waals surface area contributed by atoms with Crippen molar-refractivity contribution in [3.05, 3.63) is 47.4 Å². The number of nitrogens with zero attached hydrogens (tertiary/aromatic N) is 2. The number of carbonyl (C=O) groups excluding carboxylic acids is 1. The maximum absolute atomic E-state index is 11.6. The van der Waals surface area contributed by atoms with E-state index in [1.165, 1.54) is 18.9 Å². The van der Waals surface area contributed by atoms with Gasteiger partial charge in [0.25, 0.3) is 0 Å². The Bertz CT molecular complexity index is 643. The Balaban J connectivity index is 2.15. The van der Waals surface area contributed by atoms with Crippen LogP contribution in [-0.2, 0) is 17.7 Å². The summed E-state index contributed by atoms with van der Waals surface area (Å²) in [5.74, 6) is 0.0716. The van der Waals surface area contributed by atoms with E-state index < -0.39 is 5.97 Å². The molecule has 0 saturated heterocycles. The van der Waals surface area contributed by atoms with Crippen LogP contribution in [-0.4, -0.2) is 23.0 Å². The monoisotopic (exact) mass is 286 g/mol. The molecule has 0 spiro atoms. The van der Waals surface area contributed by atoms with Crippen molar-refractivity contribution in [2.45, 2.75) is 19.9 Å². The number of pyridine rings is 2.